The fraction of sp³-hybridized carbons (Fsp3) is 0.263. The number of Topliss-reactive ketones (excluding diaryl/α,β-unsaturated/α-hetero) is 1. The molecule has 3 rings (SSSR count). The molecule has 0 spiro atoms. The van der Waals surface area contributed by atoms with Gasteiger partial charge >= 0.3 is 0 Å². The SMILES string of the molecule is COc1ccc(CCNC(=O)C(=O)C2CNc3ccccc32)cc1. The molecule has 1 aliphatic heterocycles. The number of ether oxygens (including phenoxy) is 1. The summed E-state index contributed by atoms with van der Waals surface area (Å²) in [6.07, 6.45) is 0.669. The lowest BCUT2D eigenvalue weighted by atomic mass is 9.96. The first kappa shape index (κ1) is 16.1. The maximum Gasteiger partial charge on any atom is 0.288 e. The number of para-hydroxylation sites is 1. The van der Waals surface area contributed by atoms with E-state index in [0.29, 0.717) is 19.5 Å². The summed E-state index contributed by atoms with van der Waals surface area (Å²) in [5.41, 5.74) is 2.91. The Morgan fingerprint density at radius 1 is 1.17 bits per heavy atom. The fourth-order valence-corrected chi connectivity index (χ4v) is 2.88. The Hall–Kier alpha value is -2.82. The van der Waals surface area contributed by atoms with E-state index in [1.165, 1.54) is 0 Å². The average Bonchev–Trinajstić information content (AvgIpc) is 3.05. The van der Waals surface area contributed by atoms with Gasteiger partial charge < -0.3 is 15.4 Å². The molecule has 0 bridgehead atoms. The molecule has 1 amide bonds. The zero-order valence-corrected chi connectivity index (χ0v) is 13.5. The number of carbonyl (C=O) groups is 2. The van der Waals surface area contributed by atoms with E-state index in [0.717, 1.165) is 22.6 Å². The molecule has 2 aromatic rings. The van der Waals surface area contributed by atoms with Gasteiger partial charge in [0.25, 0.3) is 5.91 Å². The van der Waals surface area contributed by atoms with E-state index in [-0.39, 0.29) is 5.78 Å². The van der Waals surface area contributed by atoms with Gasteiger partial charge in [-0.3, -0.25) is 9.59 Å². The predicted octanol–water partition coefficient (Wildman–Crippen LogP) is 2.13. The lowest BCUT2D eigenvalue weighted by Crippen LogP contribution is -2.36. The lowest BCUT2D eigenvalue weighted by molar-refractivity contribution is -0.138. The Kier molecular flexibility index (Phi) is 4.79. The van der Waals surface area contributed by atoms with Crippen LogP contribution in [0.1, 0.15) is 17.0 Å². The van der Waals surface area contributed by atoms with Gasteiger partial charge in [0, 0.05) is 18.8 Å². The monoisotopic (exact) mass is 324 g/mol. The Bertz CT molecular complexity index is 741. The van der Waals surface area contributed by atoms with Crippen LogP contribution < -0.4 is 15.4 Å². The minimum Gasteiger partial charge on any atom is -0.497 e. The van der Waals surface area contributed by atoms with Crippen molar-refractivity contribution in [2.75, 3.05) is 25.5 Å². The van der Waals surface area contributed by atoms with Crippen LogP contribution in [-0.2, 0) is 16.0 Å². The molecule has 2 aromatic carbocycles. The molecule has 1 unspecified atom stereocenters. The smallest absolute Gasteiger partial charge is 0.288 e. The maximum atomic E-state index is 12.4. The van der Waals surface area contributed by atoms with Crippen LogP contribution in [0.25, 0.3) is 0 Å². The molecule has 0 saturated carbocycles. The molecule has 2 N–H and O–H groups in total. The summed E-state index contributed by atoms with van der Waals surface area (Å²) in [7, 11) is 1.62. The summed E-state index contributed by atoms with van der Waals surface area (Å²) in [6, 6.07) is 15.3. The summed E-state index contributed by atoms with van der Waals surface area (Å²) in [5.74, 6) is -0.512. The summed E-state index contributed by atoms with van der Waals surface area (Å²) >= 11 is 0. The Morgan fingerprint density at radius 2 is 1.92 bits per heavy atom. The van der Waals surface area contributed by atoms with E-state index in [1.807, 2.05) is 48.5 Å². The zero-order valence-electron chi connectivity index (χ0n) is 13.5. The van der Waals surface area contributed by atoms with Gasteiger partial charge in [0.15, 0.2) is 0 Å². The molecule has 0 fully saturated rings. The maximum absolute atomic E-state index is 12.4. The highest BCUT2D eigenvalue weighted by Crippen LogP contribution is 2.31. The van der Waals surface area contributed by atoms with E-state index in [2.05, 4.69) is 10.6 Å². The largest absolute Gasteiger partial charge is 0.497 e. The molecule has 0 aliphatic carbocycles. The second-order valence-corrected chi connectivity index (χ2v) is 5.74. The first-order valence-electron chi connectivity index (χ1n) is 7.97. The second kappa shape index (κ2) is 7.17. The molecule has 5 nitrogen and oxygen atoms in total. The van der Waals surface area contributed by atoms with Crippen LogP contribution in [0.15, 0.2) is 48.5 Å². The van der Waals surface area contributed by atoms with E-state index in [4.69, 9.17) is 4.74 Å². The molecule has 124 valence electrons. The van der Waals surface area contributed by atoms with Crippen LogP contribution in [0.3, 0.4) is 0 Å². The average molecular weight is 324 g/mol. The number of anilines is 1. The number of carbonyl (C=O) groups excluding carboxylic acids is 2. The van der Waals surface area contributed by atoms with Crippen LogP contribution in [-0.4, -0.2) is 31.9 Å². The fourth-order valence-electron chi connectivity index (χ4n) is 2.88. The van der Waals surface area contributed by atoms with Crippen LogP contribution in [0.5, 0.6) is 5.75 Å². The second-order valence-electron chi connectivity index (χ2n) is 5.74. The Morgan fingerprint density at radius 3 is 2.67 bits per heavy atom. The highest BCUT2D eigenvalue weighted by Gasteiger charge is 2.31. The van der Waals surface area contributed by atoms with Crippen molar-refractivity contribution in [3.8, 4) is 5.75 Å². The van der Waals surface area contributed by atoms with Crippen molar-refractivity contribution in [3.63, 3.8) is 0 Å². The number of nitrogens with one attached hydrogen (secondary N) is 2. The normalized spacial score (nSPS) is 15.3. The molecule has 1 atom stereocenters. The standard InChI is InChI=1S/C19H20N2O3/c1-24-14-8-6-13(7-9-14)10-11-20-19(23)18(22)16-12-21-17-5-3-2-4-15(16)17/h2-9,16,21H,10-12H2,1H3,(H,20,23). The van der Waals surface area contributed by atoms with Crippen LogP contribution in [0.2, 0.25) is 0 Å². The molecule has 0 aromatic heterocycles. The number of ketones is 1. The number of methoxy groups -OCH3 is 1. The van der Waals surface area contributed by atoms with Gasteiger partial charge in [-0.1, -0.05) is 30.3 Å². The third-order valence-corrected chi connectivity index (χ3v) is 4.23. The van der Waals surface area contributed by atoms with Crippen molar-refractivity contribution >= 4 is 17.4 Å². The summed E-state index contributed by atoms with van der Waals surface area (Å²) < 4.78 is 5.11. The van der Waals surface area contributed by atoms with Crippen LogP contribution >= 0.6 is 0 Å². The van der Waals surface area contributed by atoms with Gasteiger partial charge in [-0.2, -0.15) is 0 Å². The number of hydrogen-bond donors (Lipinski definition) is 2. The van der Waals surface area contributed by atoms with E-state index < -0.39 is 11.8 Å². The number of amides is 1. The van der Waals surface area contributed by atoms with E-state index >= 15 is 0 Å². The highest BCUT2D eigenvalue weighted by molar-refractivity contribution is 6.38. The minimum absolute atomic E-state index is 0.387. The third kappa shape index (κ3) is 3.40. The van der Waals surface area contributed by atoms with Crippen molar-refractivity contribution in [2.45, 2.75) is 12.3 Å². The Labute approximate surface area is 141 Å². The molecule has 0 radical (unpaired) electrons. The van der Waals surface area contributed by atoms with Gasteiger partial charge in [0.1, 0.15) is 5.75 Å². The summed E-state index contributed by atoms with van der Waals surface area (Å²) in [6.45, 7) is 0.906. The van der Waals surface area contributed by atoms with Crippen molar-refractivity contribution < 1.29 is 14.3 Å². The van der Waals surface area contributed by atoms with Crippen molar-refractivity contribution in [2.24, 2.45) is 0 Å². The highest BCUT2D eigenvalue weighted by atomic mass is 16.5. The van der Waals surface area contributed by atoms with Crippen LogP contribution in [0.4, 0.5) is 5.69 Å². The van der Waals surface area contributed by atoms with Gasteiger partial charge in [0.05, 0.1) is 13.0 Å². The summed E-state index contributed by atoms with van der Waals surface area (Å²) in [5, 5.41) is 5.89. The first-order valence-corrected chi connectivity index (χ1v) is 7.97. The molecule has 5 heteroatoms. The number of rotatable bonds is 6. The number of fused-ring (bicyclic) bond motifs is 1. The quantitative estimate of drug-likeness (QED) is 0.799. The molecule has 1 heterocycles. The number of benzene rings is 2. The molecule has 0 saturated heterocycles. The van der Waals surface area contributed by atoms with Crippen molar-refractivity contribution in [3.05, 3.63) is 59.7 Å². The first-order chi connectivity index (χ1) is 11.7. The van der Waals surface area contributed by atoms with Crippen LogP contribution in [0, 0.1) is 0 Å². The molecule has 1 aliphatic rings. The van der Waals surface area contributed by atoms with E-state index in [9.17, 15) is 9.59 Å². The zero-order chi connectivity index (χ0) is 16.9. The van der Waals surface area contributed by atoms with Crippen molar-refractivity contribution in [1.29, 1.82) is 0 Å². The van der Waals surface area contributed by atoms with Gasteiger partial charge in [-0.15, -0.1) is 0 Å². The predicted molar refractivity (Wildman–Crippen MR) is 92.4 cm³/mol. The topological polar surface area (TPSA) is 67.4 Å². The number of hydrogen-bond acceptors (Lipinski definition) is 4. The van der Waals surface area contributed by atoms with Gasteiger partial charge in [-0.25, -0.2) is 0 Å². The molecule has 24 heavy (non-hydrogen) atoms. The third-order valence-electron chi connectivity index (χ3n) is 4.23. The molecular weight excluding hydrogens is 304 g/mol. The van der Waals surface area contributed by atoms with Crippen molar-refractivity contribution in [1.82, 2.24) is 5.32 Å². The Balaban J connectivity index is 1.52. The van der Waals surface area contributed by atoms with Gasteiger partial charge in [0.2, 0.25) is 5.78 Å². The van der Waals surface area contributed by atoms with Gasteiger partial charge in [-0.05, 0) is 35.7 Å². The summed E-state index contributed by atoms with van der Waals surface area (Å²) in [4.78, 5) is 24.5. The lowest BCUT2D eigenvalue weighted by Gasteiger charge is -2.10. The minimum atomic E-state index is -0.521. The van der Waals surface area contributed by atoms with E-state index in [1.54, 1.807) is 7.11 Å². The molecular formula is C19H20N2O3.